The maximum atomic E-state index is 13.3. The molecular weight excluding hydrogens is 395 g/mol. The van der Waals surface area contributed by atoms with E-state index in [1.165, 1.54) is 18.5 Å². The molecule has 3 rings (SSSR count). The number of carbonyl (C=O) groups excluding carboxylic acids is 1. The van der Waals surface area contributed by atoms with E-state index in [-0.39, 0.29) is 35.5 Å². The molecule has 0 spiro atoms. The first-order valence-corrected chi connectivity index (χ1v) is 10.5. The molecule has 1 aliphatic rings. The summed E-state index contributed by atoms with van der Waals surface area (Å²) < 4.78 is 15.0. The molecule has 164 valence electrons. The van der Waals surface area contributed by atoms with Crippen molar-refractivity contribution in [2.24, 2.45) is 34.9 Å². The highest BCUT2D eigenvalue weighted by atomic mass is 19.1. The number of hydrogen-bond donors (Lipinski definition) is 1. The first-order chi connectivity index (χ1) is 14.9. The monoisotopic (exact) mass is 424 g/mol. The van der Waals surface area contributed by atoms with Crippen LogP contribution in [0, 0.1) is 23.6 Å². The third kappa shape index (κ3) is 5.71. The molecule has 0 aliphatic carbocycles. The van der Waals surface area contributed by atoms with Gasteiger partial charge in [0.1, 0.15) is 18.0 Å². The number of nitrogens with one attached hydrogen (secondary N) is 1. The van der Waals surface area contributed by atoms with Gasteiger partial charge in [-0.2, -0.15) is 10.2 Å². The number of aryl methyl sites for hydroxylation is 1. The van der Waals surface area contributed by atoms with Gasteiger partial charge in [-0.15, -0.1) is 0 Å². The highest BCUT2D eigenvalue weighted by Crippen LogP contribution is 2.29. The minimum absolute atomic E-state index is 0.118. The first kappa shape index (κ1) is 22.5. The van der Waals surface area contributed by atoms with Crippen molar-refractivity contribution < 1.29 is 9.18 Å². The minimum Gasteiger partial charge on any atom is -0.289 e. The zero-order chi connectivity index (χ0) is 22.4. The van der Waals surface area contributed by atoms with Gasteiger partial charge in [0.05, 0.1) is 11.8 Å². The minimum atomic E-state index is -0.297. The Morgan fingerprint density at radius 1 is 1.32 bits per heavy atom. The number of halogens is 1. The third-order valence-electron chi connectivity index (χ3n) is 5.62. The molecule has 4 atom stereocenters. The van der Waals surface area contributed by atoms with Crippen LogP contribution in [0.25, 0.3) is 0 Å². The van der Waals surface area contributed by atoms with Crippen LogP contribution in [0.1, 0.15) is 38.6 Å². The quantitative estimate of drug-likeness (QED) is 0.521. The number of amides is 1. The van der Waals surface area contributed by atoms with E-state index in [1.807, 2.05) is 27.0 Å². The summed E-state index contributed by atoms with van der Waals surface area (Å²) in [6.07, 6.45) is 8.65. The Bertz CT molecular complexity index is 978. The fraction of sp³-hybridized carbons (Fsp3) is 0.435. The van der Waals surface area contributed by atoms with Gasteiger partial charge in [-0.25, -0.2) is 14.8 Å². The van der Waals surface area contributed by atoms with E-state index in [0.717, 1.165) is 23.5 Å². The SMILES string of the molecule is CC=CC(C)CC(N=Cc1ccc(F)cc1)C1C(Cc2ncnn2C)=NNC(=O)C1C. The molecular formula is C23H29FN6O. The van der Waals surface area contributed by atoms with Crippen molar-refractivity contribution in [3.05, 3.63) is 59.9 Å². The van der Waals surface area contributed by atoms with Crippen LogP contribution in [-0.4, -0.2) is 38.6 Å². The van der Waals surface area contributed by atoms with Gasteiger partial charge < -0.3 is 0 Å². The van der Waals surface area contributed by atoms with Gasteiger partial charge in [0, 0.05) is 31.5 Å². The lowest BCUT2D eigenvalue weighted by molar-refractivity contribution is -0.126. The normalized spacial score (nSPS) is 21.3. The highest BCUT2D eigenvalue weighted by molar-refractivity contribution is 5.97. The summed E-state index contributed by atoms with van der Waals surface area (Å²) in [6.45, 7) is 6.03. The summed E-state index contributed by atoms with van der Waals surface area (Å²) in [7, 11) is 1.83. The van der Waals surface area contributed by atoms with Gasteiger partial charge in [-0.1, -0.05) is 38.1 Å². The summed E-state index contributed by atoms with van der Waals surface area (Å²) in [4.78, 5) is 21.7. The average Bonchev–Trinajstić information content (AvgIpc) is 3.14. The molecule has 0 fully saturated rings. The molecule has 0 saturated carbocycles. The Morgan fingerprint density at radius 3 is 2.71 bits per heavy atom. The fourth-order valence-electron chi connectivity index (χ4n) is 3.93. The van der Waals surface area contributed by atoms with Crippen molar-refractivity contribution in [1.82, 2.24) is 20.2 Å². The molecule has 2 aromatic rings. The van der Waals surface area contributed by atoms with E-state index in [1.54, 1.807) is 23.0 Å². The van der Waals surface area contributed by atoms with Gasteiger partial charge in [0.25, 0.3) is 0 Å². The topological polar surface area (TPSA) is 84.5 Å². The first-order valence-electron chi connectivity index (χ1n) is 10.5. The van der Waals surface area contributed by atoms with E-state index in [2.05, 4.69) is 33.6 Å². The molecule has 1 aromatic carbocycles. The van der Waals surface area contributed by atoms with Crippen LogP contribution < -0.4 is 5.43 Å². The van der Waals surface area contributed by atoms with E-state index < -0.39 is 0 Å². The summed E-state index contributed by atoms with van der Waals surface area (Å²) in [5, 5.41) is 8.53. The lowest BCUT2D eigenvalue weighted by atomic mass is 9.77. The predicted molar refractivity (Wildman–Crippen MR) is 119 cm³/mol. The zero-order valence-corrected chi connectivity index (χ0v) is 18.4. The lowest BCUT2D eigenvalue weighted by Crippen LogP contribution is -2.46. The van der Waals surface area contributed by atoms with Crippen LogP contribution in [0.4, 0.5) is 4.39 Å². The Labute approximate surface area is 182 Å². The zero-order valence-electron chi connectivity index (χ0n) is 18.4. The van der Waals surface area contributed by atoms with Crippen LogP contribution in [0.15, 0.2) is 52.8 Å². The van der Waals surface area contributed by atoms with Gasteiger partial charge in [0.15, 0.2) is 0 Å². The number of hydrazone groups is 1. The second-order valence-corrected chi connectivity index (χ2v) is 8.01. The lowest BCUT2D eigenvalue weighted by Gasteiger charge is -2.33. The molecule has 2 heterocycles. The second kappa shape index (κ2) is 10.2. The molecule has 31 heavy (non-hydrogen) atoms. The van der Waals surface area contributed by atoms with Crippen LogP contribution >= 0.6 is 0 Å². The number of benzene rings is 1. The Kier molecular flexibility index (Phi) is 7.44. The number of allylic oxidation sites excluding steroid dienone is 2. The molecule has 4 unspecified atom stereocenters. The van der Waals surface area contributed by atoms with Crippen LogP contribution in [0.2, 0.25) is 0 Å². The van der Waals surface area contributed by atoms with Gasteiger partial charge >= 0.3 is 0 Å². The van der Waals surface area contributed by atoms with Gasteiger partial charge in [-0.05, 0) is 37.0 Å². The summed E-state index contributed by atoms with van der Waals surface area (Å²) >= 11 is 0. The average molecular weight is 425 g/mol. The third-order valence-corrected chi connectivity index (χ3v) is 5.62. The van der Waals surface area contributed by atoms with Gasteiger partial charge in [0.2, 0.25) is 5.91 Å². The second-order valence-electron chi connectivity index (χ2n) is 8.01. The number of nitrogens with zero attached hydrogens (tertiary/aromatic N) is 5. The Balaban J connectivity index is 1.94. The molecule has 8 heteroatoms. The maximum absolute atomic E-state index is 13.3. The summed E-state index contributed by atoms with van der Waals surface area (Å²) in [6, 6.07) is 6.03. The number of carbonyl (C=O) groups is 1. The molecule has 0 saturated heterocycles. The van der Waals surface area contributed by atoms with Crippen molar-refractivity contribution in [2.45, 2.75) is 39.7 Å². The predicted octanol–water partition coefficient (Wildman–Crippen LogP) is 3.32. The molecule has 1 aliphatic heterocycles. The van der Waals surface area contributed by atoms with Crippen molar-refractivity contribution in [3.63, 3.8) is 0 Å². The highest BCUT2D eigenvalue weighted by Gasteiger charge is 2.38. The molecule has 0 radical (unpaired) electrons. The van der Waals surface area contributed by atoms with E-state index in [4.69, 9.17) is 4.99 Å². The Hall–Kier alpha value is -3.16. The largest absolute Gasteiger partial charge is 0.289 e. The number of hydrogen-bond acceptors (Lipinski definition) is 5. The Morgan fingerprint density at radius 2 is 2.06 bits per heavy atom. The molecule has 1 amide bonds. The molecule has 1 N–H and O–H groups in total. The van der Waals surface area contributed by atoms with E-state index >= 15 is 0 Å². The number of aromatic nitrogens is 3. The van der Waals surface area contributed by atoms with Crippen LogP contribution in [0.5, 0.6) is 0 Å². The molecule has 1 aromatic heterocycles. The smallest absolute Gasteiger partial charge is 0.243 e. The maximum Gasteiger partial charge on any atom is 0.243 e. The summed E-state index contributed by atoms with van der Waals surface area (Å²) in [5.41, 5.74) is 4.28. The van der Waals surface area contributed by atoms with Crippen molar-refractivity contribution in [1.29, 1.82) is 0 Å². The standard InChI is InChI=1S/C23H29FN6O/c1-5-6-15(2)11-19(25-13-17-7-9-18(24)10-8-17)22-16(3)23(31)29-28-20(22)12-21-26-14-27-30(21)4/h5-10,13-16,19,22H,11-12H2,1-4H3,(H,29,31). The fourth-order valence-corrected chi connectivity index (χ4v) is 3.93. The van der Waals surface area contributed by atoms with Crippen molar-refractivity contribution >= 4 is 17.8 Å². The van der Waals surface area contributed by atoms with Crippen LogP contribution in [-0.2, 0) is 18.3 Å². The van der Waals surface area contributed by atoms with Gasteiger partial charge in [-0.3, -0.25) is 14.5 Å². The van der Waals surface area contributed by atoms with E-state index in [0.29, 0.717) is 6.42 Å². The molecule has 0 bridgehead atoms. The number of aliphatic imine (C=N–C) groups is 1. The van der Waals surface area contributed by atoms with Crippen LogP contribution in [0.3, 0.4) is 0 Å². The molecule has 7 nitrogen and oxygen atoms in total. The number of rotatable bonds is 8. The van der Waals surface area contributed by atoms with E-state index in [9.17, 15) is 9.18 Å². The van der Waals surface area contributed by atoms with Crippen molar-refractivity contribution in [3.8, 4) is 0 Å². The van der Waals surface area contributed by atoms with Crippen molar-refractivity contribution in [2.75, 3.05) is 0 Å². The summed E-state index contributed by atoms with van der Waals surface area (Å²) in [5.74, 6) is 0.158.